The molecule has 0 spiro atoms. The zero-order valence-electron chi connectivity index (χ0n) is 6.38. The highest BCUT2D eigenvalue weighted by Gasteiger charge is 2.24. The second-order valence-corrected chi connectivity index (χ2v) is 2.86. The van der Waals surface area contributed by atoms with E-state index in [0.29, 0.717) is 0 Å². The SMILES string of the molecule is CC1=NCCN2CCCN12. The van der Waals surface area contributed by atoms with Crippen LogP contribution >= 0.6 is 0 Å². The fourth-order valence-electron chi connectivity index (χ4n) is 1.67. The number of hydrogen-bond acceptors (Lipinski definition) is 3. The Balaban J connectivity index is 2.16. The predicted molar refractivity (Wildman–Crippen MR) is 40.9 cm³/mol. The van der Waals surface area contributed by atoms with Gasteiger partial charge in [-0.15, -0.1) is 0 Å². The molecule has 0 saturated carbocycles. The molecule has 3 heteroatoms. The molecule has 0 aromatic heterocycles. The molecule has 0 aromatic rings. The minimum Gasteiger partial charge on any atom is -0.293 e. The van der Waals surface area contributed by atoms with Crippen LogP contribution in [0.25, 0.3) is 0 Å². The molecule has 56 valence electrons. The van der Waals surface area contributed by atoms with Gasteiger partial charge >= 0.3 is 0 Å². The van der Waals surface area contributed by atoms with Crippen LogP contribution in [-0.2, 0) is 0 Å². The summed E-state index contributed by atoms with van der Waals surface area (Å²) in [5, 5.41) is 4.69. The maximum atomic E-state index is 4.37. The molecule has 0 N–H and O–H groups in total. The van der Waals surface area contributed by atoms with Crippen molar-refractivity contribution >= 4 is 5.84 Å². The van der Waals surface area contributed by atoms with Crippen LogP contribution in [0.4, 0.5) is 0 Å². The fourth-order valence-corrected chi connectivity index (χ4v) is 1.67. The van der Waals surface area contributed by atoms with E-state index in [-0.39, 0.29) is 0 Å². The Hall–Kier alpha value is -0.570. The quantitative estimate of drug-likeness (QED) is 0.482. The first-order valence-corrected chi connectivity index (χ1v) is 3.91. The van der Waals surface area contributed by atoms with E-state index in [0.717, 1.165) is 13.1 Å². The maximum Gasteiger partial charge on any atom is 0.110 e. The van der Waals surface area contributed by atoms with Gasteiger partial charge in [-0.05, 0) is 13.3 Å². The molecule has 0 radical (unpaired) electrons. The molecule has 0 atom stereocenters. The van der Waals surface area contributed by atoms with Crippen LogP contribution in [-0.4, -0.2) is 42.0 Å². The number of fused-ring (bicyclic) bond motifs is 1. The Morgan fingerprint density at radius 3 is 3.00 bits per heavy atom. The molecule has 1 fully saturated rings. The van der Waals surface area contributed by atoms with Crippen LogP contribution in [0.5, 0.6) is 0 Å². The molecule has 3 nitrogen and oxygen atoms in total. The van der Waals surface area contributed by atoms with E-state index in [1.165, 1.54) is 25.3 Å². The largest absolute Gasteiger partial charge is 0.293 e. The van der Waals surface area contributed by atoms with Crippen LogP contribution in [0.2, 0.25) is 0 Å². The van der Waals surface area contributed by atoms with Crippen LogP contribution in [0, 0.1) is 0 Å². The van der Waals surface area contributed by atoms with Gasteiger partial charge in [-0.2, -0.15) is 0 Å². The van der Waals surface area contributed by atoms with Crippen LogP contribution in [0.1, 0.15) is 13.3 Å². The highest BCUT2D eigenvalue weighted by molar-refractivity contribution is 5.79. The first-order valence-electron chi connectivity index (χ1n) is 3.91. The van der Waals surface area contributed by atoms with Crippen molar-refractivity contribution in [3.8, 4) is 0 Å². The summed E-state index contributed by atoms with van der Waals surface area (Å²) in [5.41, 5.74) is 0. The molecule has 1 saturated heterocycles. The molecule has 0 bridgehead atoms. The summed E-state index contributed by atoms with van der Waals surface area (Å²) in [4.78, 5) is 4.37. The molecule has 10 heavy (non-hydrogen) atoms. The van der Waals surface area contributed by atoms with Crippen molar-refractivity contribution in [2.24, 2.45) is 4.99 Å². The Morgan fingerprint density at radius 2 is 2.20 bits per heavy atom. The summed E-state index contributed by atoms with van der Waals surface area (Å²) in [5.74, 6) is 1.20. The van der Waals surface area contributed by atoms with Gasteiger partial charge in [0.25, 0.3) is 0 Å². The summed E-state index contributed by atoms with van der Waals surface area (Å²) < 4.78 is 0. The van der Waals surface area contributed by atoms with Gasteiger partial charge in [0.1, 0.15) is 5.84 Å². The Labute approximate surface area is 61.3 Å². The molecule has 0 aromatic carbocycles. The number of amidine groups is 1. The third kappa shape index (κ3) is 0.814. The monoisotopic (exact) mass is 139 g/mol. The third-order valence-corrected chi connectivity index (χ3v) is 2.20. The molecule has 2 aliphatic heterocycles. The minimum atomic E-state index is 0.988. The molecule has 2 aliphatic rings. The number of rotatable bonds is 0. The number of nitrogens with zero attached hydrogens (tertiary/aromatic N) is 3. The van der Waals surface area contributed by atoms with Crippen molar-refractivity contribution in [2.45, 2.75) is 13.3 Å². The zero-order chi connectivity index (χ0) is 6.97. The van der Waals surface area contributed by atoms with Crippen LogP contribution < -0.4 is 0 Å². The van der Waals surface area contributed by atoms with E-state index >= 15 is 0 Å². The second kappa shape index (κ2) is 2.23. The van der Waals surface area contributed by atoms with E-state index < -0.39 is 0 Å². The average Bonchev–Trinajstić information content (AvgIpc) is 2.36. The lowest BCUT2D eigenvalue weighted by Gasteiger charge is -2.32. The summed E-state index contributed by atoms with van der Waals surface area (Å²) in [6.07, 6.45) is 1.30. The maximum absolute atomic E-state index is 4.37. The molecule has 0 amide bonds. The van der Waals surface area contributed by atoms with E-state index in [1.807, 2.05) is 0 Å². The Kier molecular flexibility index (Phi) is 1.38. The number of aliphatic imine (C=N–C) groups is 1. The van der Waals surface area contributed by atoms with Gasteiger partial charge in [0, 0.05) is 19.6 Å². The first-order chi connectivity index (χ1) is 4.88. The van der Waals surface area contributed by atoms with Gasteiger partial charge in [0.15, 0.2) is 0 Å². The molecule has 0 unspecified atom stereocenters. The van der Waals surface area contributed by atoms with Crippen molar-refractivity contribution in [1.29, 1.82) is 0 Å². The first kappa shape index (κ1) is 6.16. The Bertz CT molecular complexity index is 164. The van der Waals surface area contributed by atoms with Gasteiger partial charge in [-0.1, -0.05) is 0 Å². The van der Waals surface area contributed by atoms with Crippen molar-refractivity contribution < 1.29 is 0 Å². The third-order valence-electron chi connectivity index (χ3n) is 2.20. The van der Waals surface area contributed by atoms with Gasteiger partial charge in [-0.3, -0.25) is 10.0 Å². The summed E-state index contributed by atoms with van der Waals surface area (Å²) in [6.45, 7) is 6.61. The highest BCUT2D eigenvalue weighted by atomic mass is 15.7. The summed E-state index contributed by atoms with van der Waals surface area (Å²) in [7, 11) is 0. The van der Waals surface area contributed by atoms with Gasteiger partial charge < -0.3 is 0 Å². The number of hydrazine groups is 1. The predicted octanol–water partition coefficient (Wildman–Crippen LogP) is 0.341. The van der Waals surface area contributed by atoms with Crippen molar-refractivity contribution in [3.05, 3.63) is 0 Å². The van der Waals surface area contributed by atoms with Crippen LogP contribution in [0.15, 0.2) is 4.99 Å². The van der Waals surface area contributed by atoms with Crippen molar-refractivity contribution in [2.75, 3.05) is 26.2 Å². The number of hydrogen-bond donors (Lipinski definition) is 0. The summed E-state index contributed by atoms with van der Waals surface area (Å²) >= 11 is 0. The lowest BCUT2D eigenvalue weighted by atomic mass is 10.4. The van der Waals surface area contributed by atoms with E-state index in [1.54, 1.807) is 0 Å². The summed E-state index contributed by atoms with van der Waals surface area (Å²) in [6, 6.07) is 0. The van der Waals surface area contributed by atoms with Gasteiger partial charge in [0.2, 0.25) is 0 Å². The average molecular weight is 139 g/mol. The topological polar surface area (TPSA) is 18.8 Å². The van der Waals surface area contributed by atoms with Gasteiger partial charge in [0.05, 0.1) is 6.54 Å². The van der Waals surface area contributed by atoms with Crippen LogP contribution in [0.3, 0.4) is 0 Å². The fraction of sp³-hybridized carbons (Fsp3) is 0.857. The van der Waals surface area contributed by atoms with Crippen molar-refractivity contribution in [1.82, 2.24) is 10.0 Å². The second-order valence-electron chi connectivity index (χ2n) is 2.86. The Morgan fingerprint density at radius 1 is 1.30 bits per heavy atom. The smallest absolute Gasteiger partial charge is 0.110 e. The van der Waals surface area contributed by atoms with E-state index in [4.69, 9.17) is 0 Å². The van der Waals surface area contributed by atoms with E-state index in [9.17, 15) is 0 Å². The highest BCUT2D eigenvalue weighted by Crippen LogP contribution is 2.13. The van der Waals surface area contributed by atoms with Gasteiger partial charge in [-0.25, -0.2) is 5.01 Å². The molecule has 0 aliphatic carbocycles. The zero-order valence-corrected chi connectivity index (χ0v) is 6.38. The van der Waals surface area contributed by atoms with E-state index in [2.05, 4.69) is 21.9 Å². The molecule has 2 heterocycles. The minimum absolute atomic E-state index is 0.988. The lowest BCUT2D eigenvalue weighted by molar-refractivity contribution is 0.0976. The molecular weight excluding hydrogens is 126 g/mol. The molecular formula is C7H13N3. The lowest BCUT2D eigenvalue weighted by Crippen LogP contribution is -2.44. The normalized spacial score (nSPS) is 26.5. The standard InChI is InChI=1S/C7H13N3/c1-7-8-3-6-9-4-2-5-10(7)9/h2-6H2,1H3. The van der Waals surface area contributed by atoms with Crippen molar-refractivity contribution in [3.63, 3.8) is 0 Å². The molecule has 2 rings (SSSR count).